The highest BCUT2D eigenvalue weighted by atomic mass is 19.4. The van der Waals surface area contributed by atoms with Gasteiger partial charge in [-0.25, -0.2) is 0 Å². The molecule has 0 saturated heterocycles. The Labute approximate surface area is 104 Å². The Hall–Kier alpha value is -1.39. The van der Waals surface area contributed by atoms with E-state index in [0.29, 0.717) is 5.92 Å². The second-order valence-corrected chi connectivity index (χ2v) is 5.06. The van der Waals surface area contributed by atoms with Gasteiger partial charge >= 0.3 is 6.18 Å². The van der Waals surface area contributed by atoms with Crippen molar-refractivity contribution >= 4 is 11.4 Å². The summed E-state index contributed by atoms with van der Waals surface area (Å²) < 4.78 is 38.7. The largest absolute Gasteiger partial charge is 0.418 e. The minimum Gasteiger partial charge on any atom is -0.399 e. The first-order valence-electron chi connectivity index (χ1n) is 6.09. The molecule has 1 aliphatic carbocycles. The second kappa shape index (κ2) is 4.71. The number of nitrogens with one attached hydrogen (secondary N) is 1. The van der Waals surface area contributed by atoms with E-state index in [0.717, 1.165) is 25.3 Å². The van der Waals surface area contributed by atoms with Gasteiger partial charge in [0.25, 0.3) is 0 Å². The summed E-state index contributed by atoms with van der Waals surface area (Å²) in [5, 5.41) is 3.00. The summed E-state index contributed by atoms with van der Waals surface area (Å²) in [6.07, 6.45) is -1.47. The molecule has 1 aromatic rings. The number of halogens is 3. The molecule has 2 nitrogen and oxygen atoms in total. The van der Waals surface area contributed by atoms with Crippen LogP contribution in [0.4, 0.5) is 24.5 Å². The SMILES string of the molecule is CC1CCC(Nc2ccc(N)cc2C(F)(F)F)C1. The zero-order chi connectivity index (χ0) is 13.3. The third-order valence-corrected chi connectivity index (χ3v) is 3.40. The van der Waals surface area contributed by atoms with Crippen molar-refractivity contribution in [1.82, 2.24) is 0 Å². The molecular formula is C13H17F3N2. The van der Waals surface area contributed by atoms with Crippen LogP contribution >= 0.6 is 0 Å². The summed E-state index contributed by atoms with van der Waals surface area (Å²) in [5.41, 5.74) is 5.02. The van der Waals surface area contributed by atoms with Crippen LogP contribution in [0.25, 0.3) is 0 Å². The Bertz CT molecular complexity index is 429. The lowest BCUT2D eigenvalue weighted by Gasteiger charge is -2.19. The average molecular weight is 258 g/mol. The van der Waals surface area contributed by atoms with Gasteiger partial charge in [-0.1, -0.05) is 6.92 Å². The van der Waals surface area contributed by atoms with Gasteiger partial charge in [-0.05, 0) is 43.4 Å². The molecule has 100 valence electrons. The molecule has 18 heavy (non-hydrogen) atoms. The maximum absolute atomic E-state index is 12.9. The van der Waals surface area contributed by atoms with E-state index in [4.69, 9.17) is 5.73 Å². The lowest BCUT2D eigenvalue weighted by atomic mass is 10.1. The van der Waals surface area contributed by atoms with Crippen LogP contribution in [-0.4, -0.2) is 6.04 Å². The molecule has 2 atom stereocenters. The summed E-state index contributed by atoms with van der Waals surface area (Å²) in [5.74, 6) is 0.575. The Morgan fingerprint density at radius 2 is 2.00 bits per heavy atom. The summed E-state index contributed by atoms with van der Waals surface area (Å²) in [6, 6.07) is 4.03. The molecule has 2 unspecified atom stereocenters. The van der Waals surface area contributed by atoms with Crippen molar-refractivity contribution in [3.05, 3.63) is 23.8 Å². The molecule has 1 aliphatic rings. The number of benzene rings is 1. The van der Waals surface area contributed by atoms with Gasteiger partial charge in [-0.2, -0.15) is 13.2 Å². The van der Waals surface area contributed by atoms with Crippen LogP contribution in [-0.2, 0) is 6.18 Å². The smallest absolute Gasteiger partial charge is 0.399 e. The highest BCUT2D eigenvalue weighted by molar-refractivity contribution is 5.59. The third kappa shape index (κ3) is 2.89. The Balaban J connectivity index is 2.22. The fourth-order valence-electron chi connectivity index (χ4n) is 2.48. The summed E-state index contributed by atoms with van der Waals surface area (Å²) in [4.78, 5) is 0. The van der Waals surface area contributed by atoms with E-state index >= 15 is 0 Å². The molecule has 1 saturated carbocycles. The van der Waals surface area contributed by atoms with Gasteiger partial charge in [0.2, 0.25) is 0 Å². The fourth-order valence-corrected chi connectivity index (χ4v) is 2.48. The number of anilines is 2. The van der Waals surface area contributed by atoms with E-state index in [9.17, 15) is 13.2 Å². The van der Waals surface area contributed by atoms with Crippen molar-refractivity contribution in [2.45, 2.75) is 38.4 Å². The van der Waals surface area contributed by atoms with Gasteiger partial charge in [0, 0.05) is 17.4 Å². The number of alkyl halides is 3. The first-order valence-corrected chi connectivity index (χ1v) is 6.09. The molecule has 0 aromatic heterocycles. The van der Waals surface area contributed by atoms with Crippen molar-refractivity contribution in [1.29, 1.82) is 0 Å². The molecule has 0 heterocycles. The number of nitrogen functional groups attached to an aromatic ring is 1. The predicted octanol–water partition coefficient (Wildman–Crippen LogP) is 3.89. The zero-order valence-electron chi connectivity index (χ0n) is 10.2. The molecule has 0 spiro atoms. The standard InChI is InChI=1S/C13H17F3N2/c1-8-2-4-10(6-8)18-12-5-3-9(17)7-11(12)13(14,15)16/h3,5,7-8,10,18H,2,4,6,17H2,1H3. The first kappa shape index (κ1) is 13.1. The molecule has 0 bridgehead atoms. The number of rotatable bonds is 2. The molecule has 0 radical (unpaired) electrons. The van der Waals surface area contributed by atoms with Crippen LogP contribution in [0, 0.1) is 5.92 Å². The average Bonchev–Trinajstić information content (AvgIpc) is 2.65. The van der Waals surface area contributed by atoms with Crippen molar-refractivity contribution in [3.8, 4) is 0 Å². The molecular weight excluding hydrogens is 241 g/mol. The first-order chi connectivity index (χ1) is 8.36. The molecule has 0 amide bonds. The monoisotopic (exact) mass is 258 g/mol. The number of hydrogen-bond acceptors (Lipinski definition) is 2. The fraction of sp³-hybridized carbons (Fsp3) is 0.538. The Kier molecular flexibility index (Phi) is 3.41. The van der Waals surface area contributed by atoms with E-state index in [2.05, 4.69) is 12.2 Å². The topological polar surface area (TPSA) is 38.0 Å². The van der Waals surface area contributed by atoms with Gasteiger partial charge in [0.05, 0.1) is 5.56 Å². The third-order valence-electron chi connectivity index (χ3n) is 3.40. The maximum atomic E-state index is 12.9. The van der Waals surface area contributed by atoms with Gasteiger partial charge in [-0.3, -0.25) is 0 Å². The molecule has 0 aliphatic heterocycles. The summed E-state index contributed by atoms with van der Waals surface area (Å²) in [6.45, 7) is 2.12. The van der Waals surface area contributed by atoms with Crippen molar-refractivity contribution in [3.63, 3.8) is 0 Å². The quantitative estimate of drug-likeness (QED) is 0.790. The molecule has 1 aromatic carbocycles. The minimum atomic E-state index is -4.37. The lowest BCUT2D eigenvalue weighted by molar-refractivity contribution is -0.136. The van der Waals surface area contributed by atoms with Crippen LogP contribution in [0.2, 0.25) is 0 Å². The molecule has 3 N–H and O–H groups in total. The summed E-state index contributed by atoms with van der Waals surface area (Å²) in [7, 11) is 0. The molecule has 2 rings (SSSR count). The summed E-state index contributed by atoms with van der Waals surface area (Å²) >= 11 is 0. The molecule has 5 heteroatoms. The van der Waals surface area contributed by atoms with E-state index in [1.54, 1.807) is 0 Å². The van der Waals surface area contributed by atoms with Gasteiger partial charge in [0.15, 0.2) is 0 Å². The van der Waals surface area contributed by atoms with Crippen LogP contribution in [0.1, 0.15) is 31.7 Å². The Morgan fingerprint density at radius 1 is 1.28 bits per heavy atom. The predicted molar refractivity (Wildman–Crippen MR) is 66.3 cm³/mol. The van der Waals surface area contributed by atoms with E-state index in [-0.39, 0.29) is 17.4 Å². The van der Waals surface area contributed by atoms with Crippen LogP contribution in [0.3, 0.4) is 0 Å². The van der Waals surface area contributed by atoms with E-state index in [1.165, 1.54) is 12.1 Å². The van der Waals surface area contributed by atoms with Gasteiger partial charge in [0.1, 0.15) is 0 Å². The Morgan fingerprint density at radius 3 is 2.56 bits per heavy atom. The highest BCUT2D eigenvalue weighted by Gasteiger charge is 2.34. The van der Waals surface area contributed by atoms with E-state index < -0.39 is 11.7 Å². The second-order valence-electron chi connectivity index (χ2n) is 5.06. The van der Waals surface area contributed by atoms with Crippen molar-refractivity contribution in [2.24, 2.45) is 5.92 Å². The van der Waals surface area contributed by atoms with Gasteiger partial charge in [-0.15, -0.1) is 0 Å². The van der Waals surface area contributed by atoms with Crippen LogP contribution in [0.15, 0.2) is 18.2 Å². The lowest BCUT2D eigenvalue weighted by Crippen LogP contribution is -2.19. The molecule has 1 fully saturated rings. The van der Waals surface area contributed by atoms with Crippen molar-refractivity contribution in [2.75, 3.05) is 11.1 Å². The van der Waals surface area contributed by atoms with Gasteiger partial charge < -0.3 is 11.1 Å². The zero-order valence-corrected chi connectivity index (χ0v) is 10.2. The minimum absolute atomic E-state index is 0.129. The number of hydrogen-bond donors (Lipinski definition) is 2. The maximum Gasteiger partial charge on any atom is 0.418 e. The van der Waals surface area contributed by atoms with Crippen LogP contribution in [0.5, 0.6) is 0 Å². The van der Waals surface area contributed by atoms with Crippen molar-refractivity contribution < 1.29 is 13.2 Å². The van der Waals surface area contributed by atoms with Crippen LogP contribution < -0.4 is 11.1 Å². The normalized spacial score (nSPS) is 24.2. The van der Waals surface area contributed by atoms with E-state index in [1.807, 2.05) is 0 Å². The number of nitrogens with two attached hydrogens (primary N) is 1. The highest BCUT2D eigenvalue weighted by Crippen LogP contribution is 2.37.